The van der Waals surface area contributed by atoms with Gasteiger partial charge in [-0.2, -0.15) is 0 Å². The van der Waals surface area contributed by atoms with Crippen LogP contribution in [0.2, 0.25) is 0 Å². The molecule has 0 saturated heterocycles. The van der Waals surface area contributed by atoms with Crippen molar-refractivity contribution in [3.05, 3.63) is 35.9 Å². The molecule has 0 aliphatic heterocycles. The van der Waals surface area contributed by atoms with Crippen LogP contribution >= 0.6 is 0 Å². The van der Waals surface area contributed by atoms with Crippen LogP contribution in [0, 0.1) is 5.92 Å². The van der Waals surface area contributed by atoms with Crippen molar-refractivity contribution in [3.8, 4) is 0 Å². The zero-order chi connectivity index (χ0) is 13.5. The van der Waals surface area contributed by atoms with E-state index in [4.69, 9.17) is 5.73 Å². The lowest BCUT2D eigenvalue weighted by Gasteiger charge is -2.32. The van der Waals surface area contributed by atoms with Crippen LogP contribution < -0.4 is 5.73 Å². The molecular weight excluding hydrogens is 232 g/mol. The quantitative estimate of drug-likeness (QED) is 0.849. The van der Waals surface area contributed by atoms with Crippen molar-refractivity contribution in [2.45, 2.75) is 51.1 Å². The highest BCUT2D eigenvalue weighted by Gasteiger charge is 2.20. The SMILES string of the molecule is CN(Cc1ccccc1)C(CN)CC1CCCCC1. The van der Waals surface area contributed by atoms with Crippen molar-refractivity contribution in [3.63, 3.8) is 0 Å². The summed E-state index contributed by atoms with van der Waals surface area (Å²) >= 11 is 0. The van der Waals surface area contributed by atoms with Crippen LogP contribution in [0.1, 0.15) is 44.1 Å². The summed E-state index contributed by atoms with van der Waals surface area (Å²) in [5, 5.41) is 0. The first-order valence-electron chi connectivity index (χ1n) is 7.74. The first-order valence-corrected chi connectivity index (χ1v) is 7.74. The zero-order valence-corrected chi connectivity index (χ0v) is 12.2. The fourth-order valence-electron chi connectivity index (χ4n) is 3.26. The van der Waals surface area contributed by atoms with Gasteiger partial charge in [0.1, 0.15) is 0 Å². The standard InChI is InChI=1S/C17H28N2/c1-19(14-16-10-6-3-7-11-16)17(13-18)12-15-8-4-2-5-9-15/h3,6-7,10-11,15,17H,2,4-5,8-9,12-14,18H2,1H3. The van der Waals surface area contributed by atoms with Gasteiger partial charge in [0.05, 0.1) is 0 Å². The van der Waals surface area contributed by atoms with E-state index in [1.807, 2.05) is 0 Å². The van der Waals surface area contributed by atoms with E-state index in [0.717, 1.165) is 19.0 Å². The lowest BCUT2D eigenvalue weighted by molar-refractivity contribution is 0.185. The minimum Gasteiger partial charge on any atom is -0.329 e. The maximum Gasteiger partial charge on any atom is 0.0234 e. The Bertz CT molecular complexity index is 344. The lowest BCUT2D eigenvalue weighted by Crippen LogP contribution is -2.39. The molecule has 2 rings (SSSR count). The van der Waals surface area contributed by atoms with Gasteiger partial charge in [0.2, 0.25) is 0 Å². The third kappa shape index (κ3) is 4.63. The van der Waals surface area contributed by atoms with Gasteiger partial charge in [0, 0.05) is 19.1 Å². The van der Waals surface area contributed by atoms with E-state index in [1.165, 1.54) is 44.1 Å². The first-order chi connectivity index (χ1) is 9.29. The van der Waals surface area contributed by atoms with Crippen molar-refractivity contribution in [2.24, 2.45) is 11.7 Å². The molecule has 0 radical (unpaired) electrons. The van der Waals surface area contributed by atoms with Gasteiger partial charge >= 0.3 is 0 Å². The third-order valence-corrected chi connectivity index (χ3v) is 4.50. The summed E-state index contributed by atoms with van der Waals surface area (Å²) < 4.78 is 0. The number of likely N-dealkylation sites (N-methyl/N-ethyl adjacent to an activating group) is 1. The molecule has 19 heavy (non-hydrogen) atoms. The van der Waals surface area contributed by atoms with Crippen molar-refractivity contribution >= 4 is 0 Å². The predicted octanol–water partition coefficient (Wildman–Crippen LogP) is 3.42. The summed E-state index contributed by atoms with van der Waals surface area (Å²) in [6, 6.07) is 11.2. The minimum absolute atomic E-state index is 0.531. The minimum atomic E-state index is 0.531. The van der Waals surface area contributed by atoms with Gasteiger partial charge < -0.3 is 5.73 Å². The van der Waals surface area contributed by atoms with E-state index in [0.29, 0.717) is 6.04 Å². The zero-order valence-electron chi connectivity index (χ0n) is 12.2. The molecule has 0 spiro atoms. The van der Waals surface area contributed by atoms with Gasteiger partial charge in [-0.1, -0.05) is 62.4 Å². The lowest BCUT2D eigenvalue weighted by atomic mass is 9.84. The molecule has 0 amide bonds. The van der Waals surface area contributed by atoms with Crippen molar-refractivity contribution in [1.82, 2.24) is 4.90 Å². The van der Waals surface area contributed by atoms with Crippen LogP contribution in [0.15, 0.2) is 30.3 Å². The Morgan fingerprint density at radius 3 is 2.47 bits per heavy atom. The summed E-state index contributed by atoms with van der Waals surface area (Å²) in [6.07, 6.45) is 8.38. The first kappa shape index (κ1) is 14.5. The second-order valence-electron chi connectivity index (χ2n) is 6.03. The Balaban J connectivity index is 1.85. The number of nitrogens with two attached hydrogens (primary N) is 1. The molecule has 2 N–H and O–H groups in total. The molecule has 106 valence electrons. The maximum atomic E-state index is 6.00. The van der Waals surface area contributed by atoms with Crippen molar-refractivity contribution < 1.29 is 0 Å². The van der Waals surface area contributed by atoms with Crippen LogP contribution in [-0.4, -0.2) is 24.5 Å². The van der Waals surface area contributed by atoms with E-state index in [1.54, 1.807) is 0 Å². The topological polar surface area (TPSA) is 29.3 Å². The number of hydrogen-bond donors (Lipinski definition) is 1. The number of rotatable bonds is 6. The van der Waals surface area contributed by atoms with Gasteiger partial charge in [-0.3, -0.25) is 4.90 Å². The number of benzene rings is 1. The average molecular weight is 260 g/mol. The second kappa shape index (κ2) is 7.66. The molecule has 1 saturated carbocycles. The van der Waals surface area contributed by atoms with Gasteiger partial charge in [-0.15, -0.1) is 0 Å². The number of nitrogens with zero attached hydrogens (tertiary/aromatic N) is 1. The summed E-state index contributed by atoms with van der Waals surface area (Å²) in [4.78, 5) is 2.43. The van der Waals surface area contributed by atoms with E-state index >= 15 is 0 Å². The average Bonchev–Trinajstić information content (AvgIpc) is 2.47. The Hall–Kier alpha value is -0.860. The molecule has 1 aromatic carbocycles. The summed E-state index contributed by atoms with van der Waals surface area (Å²) in [5.74, 6) is 0.903. The highest BCUT2D eigenvalue weighted by atomic mass is 15.1. The molecule has 1 atom stereocenters. The molecule has 2 nitrogen and oxygen atoms in total. The normalized spacial score (nSPS) is 18.7. The van der Waals surface area contributed by atoms with Crippen LogP contribution in [0.3, 0.4) is 0 Å². The van der Waals surface area contributed by atoms with Crippen LogP contribution in [0.4, 0.5) is 0 Å². The molecule has 0 bridgehead atoms. The van der Waals surface area contributed by atoms with Crippen molar-refractivity contribution in [2.75, 3.05) is 13.6 Å². The van der Waals surface area contributed by atoms with Gasteiger partial charge in [-0.25, -0.2) is 0 Å². The van der Waals surface area contributed by atoms with E-state index in [9.17, 15) is 0 Å². The molecular formula is C17H28N2. The second-order valence-corrected chi connectivity index (χ2v) is 6.03. The summed E-state index contributed by atoms with van der Waals surface area (Å²) in [7, 11) is 2.22. The maximum absolute atomic E-state index is 6.00. The monoisotopic (exact) mass is 260 g/mol. The van der Waals surface area contributed by atoms with Crippen molar-refractivity contribution in [1.29, 1.82) is 0 Å². The number of hydrogen-bond acceptors (Lipinski definition) is 2. The van der Waals surface area contributed by atoms with E-state index < -0.39 is 0 Å². The van der Waals surface area contributed by atoms with Gasteiger partial charge in [-0.05, 0) is 24.9 Å². The Labute approximate surface area is 118 Å². The Morgan fingerprint density at radius 2 is 1.84 bits per heavy atom. The van der Waals surface area contributed by atoms with E-state index in [2.05, 4.69) is 42.3 Å². The molecule has 1 unspecified atom stereocenters. The van der Waals surface area contributed by atoms with Gasteiger partial charge in [0.25, 0.3) is 0 Å². The highest BCUT2D eigenvalue weighted by Crippen LogP contribution is 2.28. The molecule has 0 heterocycles. The fraction of sp³-hybridized carbons (Fsp3) is 0.647. The predicted molar refractivity (Wildman–Crippen MR) is 81.9 cm³/mol. The third-order valence-electron chi connectivity index (χ3n) is 4.50. The van der Waals surface area contributed by atoms with E-state index in [-0.39, 0.29) is 0 Å². The largest absolute Gasteiger partial charge is 0.329 e. The molecule has 2 heteroatoms. The fourth-order valence-corrected chi connectivity index (χ4v) is 3.26. The molecule has 0 aromatic heterocycles. The molecule has 1 aromatic rings. The van der Waals surface area contributed by atoms with Crippen LogP contribution in [0.25, 0.3) is 0 Å². The molecule has 1 aliphatic rings. The highest BCUT2D eigenvalue weighted by molar-refractivity contribution is 5.14. The molecule has 1 fully saturated rings. The Kier molecular flexibility index (Phi) is 5.87. The van der Waals surface area contributed by atoms with Gasteiger partial charge in [0.15, 0.2) is 0 Å². The molecule has 1 aliphatic carbocycles. The summed E-state index contributed by atoms with van der Waals surface area (Å²) in [5.41, 5.74) is 7.38. The van der Waals surface area contributed by atoms with Crippen LogP contribution in [-0.2, 0) is 6.54 Å². The Morgan fingerprint density at radius 1 is 1.16 bits per heavy atom. The summed E-state index contributed by atoms with van der Waals surface area (Å²) in [6.45, 7) is 1.79. The smallest absolute Gasteiger partial charge is 0.0234 e. The van der Waals surface area contributed by atoms with Crippen LogP contribution in [0.5, 0.6) is 0 Å².